The fourth-order valence-electron chi connectivity index (χ4n) is 3.04. The third-order valence-electron chi connectivity index (χ3n) is 4.81. The predicted molar refractivity (Wildman–Crippen MR) is 142 cm³/mol. The molecule has 1 aromatic carbocycles. The Labute approximate surface area is 216 Å². The first-order valence-electron chi connectivity index (χ1n) is 12.0. The zero-order valence-corrected chi connectivity index (χ0v) is 21.4. The minimum Gasteiger partial charge on any atom is -0.484 e. The number of aromatic nitrogens is 2. The molecule has 204 valence electrons. The lowest BCUT2D eigenvalue weighted by Gasteiger charge is -2.20. The number of aliphatic imine (C=N–C) groups is 1. The SMILES string of the molecule is CC.NC(=NCCCCc1ccc(OCC(=O)N(CCO)CCO)cc1)NC(=O)c1ncc(N)nc1N. The van der Waals surface area contributed by atoms with Crippen LogP contribution in [0.5, 0.6) is 5.75 Å². The molecule has 37 heavy (non-hydrogen) atoms. The summed E-state index contributed by atoms with van der Waals surface area (Å²) in [7, 11) is 0. The second kappa shape index (κ2) is 17.5. The number of ether oxygens (including phenoxy) is 1. The van der Waals surface area contributed by atoms with Gasteiger partial charge in [0.2, 0.25) is 0 Å². The summed E-state index contributed by atoms with van der Waals surface area (Å²) in [5, 5.41) is 20.4. The molecule has 0 spiro atoms. The molecular weight excluding hydrogens is 480 g/mol. The number of carbonyl (C=O) groups is 2. The van der Waals surface area contributed by atoms with E-state index in [1.54, 1.807) is 12.1 Å². The summed E-state index contributed by atoms with van der Waals surface area (Å²) in [5.41, 5.74) is 17.8. The van der Waals surface area contributed by atoms with Gasteiger partial charge in [0.15, 0.2) is 24.1 Å². The van der Waals surface area contributed by atoms with E-state index in [2.05, 4.69) is 20.3 Å². The van der Waals surface area contributed by atoms with E-state index in [1.807, 2.05) is 26.0 Å². The van der Waals surface area contributed by atoms with Crippen LogP contribution in [0.2, 0.25) is 0 Å². The second-order valence-corrected chi connectivity index (χ2v) is 7.47. The van der Waals surface area contributed by atoms with E-state index in [0.29, 0.717) is 12.3 Å². The molecule has 0 atom stereocenters. The van der Waals surface area contributed by atoms with Crippen LogP contribution in [0.25, 0.3) is 0 Å². The van der Waals surface area contributed by atoms with Gasteiger partial charge in [-0.1, -0.05) is 26.0 Å². The molecule has 0 unspecified atom stereocenters. The van der Waals surface area contributed by atoms with Gasteiger partial charge in [0.25, 0.3) is 11.8 Å². The first kappa shape index (κ1) is 31.1. The molecule has 0 bridgehead atoms. The van der Waals surface area contributed by atoms with Crippen molar-refractivity contribution in [1.29, 1.82) is 0 Å². The fourth-order valence-corrected chi connectivity index (χ4v) is 3.04. The van der Waals surface area contributed by atoms with Crippen molar-refractivity contribution in [2.24, 2.45) is 10.7 Å². The quantitative estimate of drug-likeness (QED) is 0.118. The molecule has 9 N–H and O–H groups in total. The number of nitrogens with one attached hydrogen (secondary N) is 1. The Morgan fingerprint density at radius 2 is 1.73 bits per heavy atom. The summed E-state index contributed by atoms with van der Waals surface area (Å²) in [5.74, 6) is -0.399. The minimum atomic E-state index is -0.616. The van der Waals surface area contributed by atoms with E-state index in [4.69, 9.17) is 32.2 Å². The molecular formula is C24H38N8O5. The molecule has 13 heteroatoms. The number of rotatable bonds is 13. The van der Waals surface area contributed by atoms with Crippen LogP contribution in [-0.4, -0.2) is 82.3 Å². The molecule has 2 amide bonds. The zero-order chi connectivity index (χ0) is 27.6. The summed E-state index contributed by atoms with van der Waals surface area (Å²) in [6.07, 6.45) is 3.62. The van der Waals surface area contributed by atoms with Gasteiger partial charge >= 0.3 is 0 Å². The molecule has 0 saturated carbocycles. The standard InChI is InChI=1S/C22H32N8O5.C2H6/c23-17-13-27-19(20(24)28-17)21(34)29-22(25)26-8-2-1-3-15-4-6-16(7-5-15)35-14-18(33)30(9-11-31)10-12-32;1-2/h4-7,13,31-32H,1-3,8-12,14H2,(H4,23,24,28)(H3,25,26,29,34);1-2H3. The van der Waals surface area contributed by atoms with E-state index in [0.717, 1.165) is 24.8 Å². The topological polar surface area (TPSA) is 215 Å². The molecule has 0 radical (unpaired) electrons. The third kappa shape index (κ3) is 11.5. The normalized spacial score (nSPS) is 10.8. The predicted octanol–water partition coefficient (Wildman–Crippen LogP) is -0.0734. The van der Waals surface area contributed by atoms with Gasteiger partial charge in [-0.2, -0.15) is 0 Å². The van der Waals surface area contributed by atoms with Gasteiger partial charge in [0, 0.05) is 19.6 Å². The molecule has 0 aliphatic heterocycles. The molecule has 1 heterocycles. The summed E-state index contributed by atoms with van der Waals surface area (Å²) in [4.78, 5) is 37.3. The van der Waals surface area contributed by atoms with Crippen molar-refractivity contribution in [2.45, 2.75) is 33.1 Å². The number of nitrogens with zero attached hydrogens (tertiary/aromatic N) is 4. The number of nitrogen functional groups attached to an aromatic ring is 2. The van der Waals surface area contributed by atoms with E-state index < -0.39 is 5.91 Å². The lowest BCUT2D eigenvalue weighted by atomic mass is 10.1. The number of hydrogen-bond donors (Lipinski definition) is 6. The number of aliphatic hydroxyl groups is 2. The maximum atomic E-state index is 12.1. The van der Waals surface area contributed by atoms with Gasteiger partial charge in [-0.05, 0) is 37.0 Å². The number of amides is 2. The Hall–Kier alpha value is -3.97. The first-order valence-corrected chi connectivity index (χ1v) is 12.0. The van der Waals surface area contributed by atoms with Crippen molar-refractivity contribution in [3.05, 3.63) is 41.7 Å². The fraction of sp³-hybridized carbons (Fsp3) is 0.458. The lowest BCUT2D eigenvalue weighted by Crippen LogP contribution is -2.38. The van der Waals surface area contributed by atoms with Crippen LogP contribution in [0.3, 0.4) is 0 Å². The highest BCUT2D eigenvalue weighted by atomic mass is 16.5. The van der Waals surface area contributed by atoms with Gasteiger partial charge in [-0.3, -0.25) is 19.9 Å². The minimum absolute atomic E-state index is 0.0411. The Morgan fingerprint density at radius 3 is 2.32 bits per heavy atom. The van der Waals surface area contributed by atoms with Crippen molar-refractivity contribution in [3.63, 3.8) is 0 Å². The van der Waals surface area contributed by atoms with Crippen LogP contribution in [0.15, 0.2) is 35.5 Å². The smallest absolute Gasteiger partial charge is 0.280 e. The van der Waals surface area contributed by atoms with E-state index >= 15 is 0 Å². The highest BCUT2D eigenvalue weighted by molar-refractivity contribution is 6.06. The van der Waals surface area contributed by atoms with Gasteiger partial charge in [0.05, 0.1) is 19.4 Å². The number of benzene rings is 1. The molecule has 2 aromatic rings. The van der Waals surface area contributed by atoms with Gasteiger partial charge < -0.3 is 37.1 Å². The highest BCUT2D eigenvalue weighted by Gasteiger charge is 2.14. The number of aryl methyl sites for hydroxylation is 1. The summed E-state index contributed by atoms with van der Waals surface area (Å²) in [6.45, 7) is 4.19. The average Bonchev–Trinajstić information content (AvgIpc) is 2.88. The summed E-state index contributed by atoms with van der Waals surface area (Å²) in [6, 6.07) is 7.38. The van der Waals surface area contributed by atoms with Crippen LogP contribution in [0, 0.1) is 0 Å². The van der Waals surface area contributed by atoms with E-state index in [-0.39, 0.29) is 62.1 Å². The van der Waals surface area contributed by atoms with E-state index in [9.17, 15) is 9.59 Å². The Balaban J connectivity index is 0.00000334. The Bertz CT molecular complexity index is 995. The van der Waals surface area contributed by atoms with Crippen molar-refractivity contribution in [3.8, 4) is 5.75 Å². The van der Waals surface area contributed by atoms with Crippen molar-refractivity contribution in [2.75, 3.05) is 50.9 Å². The number of hydrogen-bond acceptors (Lipinski definition) is 10. The van der Waals surface area contributed by atoms with Gasteiger partial charge in [-0.25, -0.2) is 9.97 Å². The third-order valence-corrected chi connectivity index (χ3v) is 4.81. The molecule has 13 nitrogen and oxygen atoms in total. The number of anilines is 2. The molecule has 1 aromatic heterocycles. The number of nitrogens with two attached hydrogens (primary N) is 3. The van der Waals surface area contributed by atoms with E-state index in [1.165, 1.54) is 11.1 Å². The average molecular weight is 519 g/mol. The largest absolute Gasteiger partial charge is 0.484 e. The van der Waals surface area contributed by atoms with Gasteiger partial charge in [0.1, 0.15) is 11.6 Å². The molecule has 0 aliphatic carbocycles. The maximum Gasteiger partial charge on any atom is 0.280 e. The molecule has 0 fully saturated rings. The first-order chi connectivity index (χ1) is 17.8. The Morgan fingerprint density at radius 1 is 1.08 bits per heavy atom. The van der Waals surface area contributed by atoms with Crippen LogP contribution in [-0.2, 0) is 11.2 Å². The van der Waals surface area contributed by atoms with Crippen molar-refractivity contribution in [1.82, 2.24) is 20.2 Å². The second-order valence-electron chi connectivity index (χ2n) is 7.47. The van der Waals surface area contributed by atoms with Gasteiger partial charge in [-0.15, -0.1) is 0 Å². The summed E-state index contributed by atoms with van der Waals surface area (Å²) >= 11 is 0. The van der Waals surface area contributed by atoms with Crippen LogP contribution < -0.4 is 27.3 Å². The molecule has 0 saturated heterocycles. The number of aliphatic hydroxyl groups excluding tert-OH is 2. The van der Waals surface area contributed by atoms with Crippen LogP contribution >= 0.6 is 0 Å². The Kier molecular flexibility index (Phi) is 14.7. The molecule has 2 rings (SSSR count). The number of unbranched alkanes of at least 4 members (excludes halogenated alkanes) is 1. The monoisotopic (exact) mass is 518 g/mol. The highest BCUT2D eigenvalue weighted by Crippen LogP contribution is 2.14. The van der Waals surface area contributed by atoms with Crippen LogP contribution in [0.1, 0.15) is 42.7 Å². The zero-order valence-electron chi connectivity index (χ0n) is 21.4. The lowest BCUT2D eigenvalue weighted by molar-refractivity contribution is -0.134. The van der Waals surface area contributed by atoms with Crippen molar-refractivity contribution < 1.29 is 24.5 Å². The van der Waals surface area contributed by atoms with Crippen molar-refractivity contribution >= 4 is 29.4 Å². The number of carbonyl (C=O) groups excluding carboxylic acids is 2. The van der Waals surface area contributed by atoms with Crippen LogP contribution in [0.4, 0.5) is 11.6 Å². The number of guanidine groups is 1. The maximum absolute atomic E-state index is 12.1. The molecule has 0 aliphatic rings. The summed E-state index contributed by atoms with van der Waals surface area (Å²) < 4.78 is 5.50.